The lowest BCUT2D eigenvalue weighted by Crippen LogP contribution is -2.40. The van der Waals surface area contributed by atoms with E-state index in [1.165, 1.54) is 0 Å². The van der Waals surface area contributed by atoms with Gasteiger partial charge in [0.05, 0.1) is 17.6 Å². The molecule has 0 aliphatic rings. The molecule has 0 bridgehead atoms. The van der Waals surface area contributed by atoms with Crippen LogP contribution in [0.3, 0.4) is 0 Å². The summed E-state index contributed by atoms with van der Waals surface area (Å²) in [5, 5.41) is 11.2. The van der Waals surface area contributed by atoms with E-state index in [4.69, 9.17) is 0 Å². The minimum Gasteiger partial charge on any atom is -0.347 e. The zero-order chi connectivity index (χ0) is 19.6. The van der Waals surface area contributed by atoms with Crippen LogP contribution in [0.15, 0.2) is 48.5 Å². The fourth-order valence-electron chi connectivity index (χ4n) is 2.93. The van der Waals surface area contributed by atoms with Gasteiger partial charge in [0.2, 0.25) is 5.91 Å². The molecular weight excluding hydrogens is 340 g/mol. The maximum atomic E-state index is 12.5. The molecule has 2 aromatic carbocycles. The fourth-order valence-corrected chi connectivity index (χ4v) is 2.93. The summed E-state index contributed by atoms with van der Waals surface area (Å²) >= 11 is 0. The molecule has 140 valence electrons. The Morgan fingerprint density at radius 1 is 1.07 bits per heavy atom. The third kappa shape index (κ3) is 4.53. The number of aryl methyl sites for hydroxylation is 1. The topological polar surface area (TPSA) is 76.0 Å². The van der Waals surface area contributed by atoms with Gasteiger partial charge in [0.15, 0.2) is 0 Å². The van der Waals surface area contributed by atoms with Crippen molar-refractivity contribution in [2.24, 2.45) is 7.05 Å². The van der Waals surface area contributed by atoms with Crippen molar-refractivity contribution in [2.45, 2.75) is 32.7 Å². The maximum Gasteiger partial charge on any atom is 0.251 e. The Morgan fingerprint density at radius 3 is 2.56 bits per heavy atom. The average molecular weight is 364 g/mol. The number of anilines is 1. The smallest absolute Gasteiger partial charge is 0.251 e. The molecule has 0 aliphatic heterocycles. The molecule has 6 heteroatoms. The zero-order valence-electron chi connectivity index (χ0n) is 16.0. The first-order chi connectivity index (χ1) is 12.7. The van der Waals surface area contributed by atoms with Crippen LogP contribution < -0.4 is 10.6 Å². The van der Waals surface area contributed by atoms with E-state index in [0.717, 1.165) is 16.6 Å². The number of rotatable bonds is 4. The van der Waals surface area contributed by atoms with Crippen molar-refractivity contribution in [1.29, 1.82) is 0 Å². The molecule has 1 heterocycles. The minimum atomic E-state index is -0.323. The molecule has 1 aromatic heterocycles. The van der Waals surface area contributed by atoms with Crippen molar-refractivity contribution in [3.8, 4) is 0 Å². The fraction of sp³-hybridized carbons (Fsp3) is 0.286. The Balaban J connectivity index is 1.73. The van der Waals surface area contributed by atoms with Crippen molar-refractivity contribution < 1.29 is 9.59 Å². The molecule has 27 heavy (non-hydrogen) atoms. The molecule has 2 N–H and O–H groups in total. The molecule has 0 aliphatic carbocycles. The van der Waals surface area contributed by atoms with Gasteiger partial charge in [-0.25, -0.2) is 0 Å². The number of carbonyl (C=O) groups excluding carboxylic acids is 2. The van der Waals surface area contributed by atoms with E-state index in [1.54, 1.807) is 28.9 Å². The number of nitrogens with zero attached hydrogens (tertiary/aromatic N) is 2. The SMILES string of the molecule is Cn1nc(CC(=O)Nc2cccc(C(=O)NC(C)(C)C)c2)c2ccccc21. The summed E-state index contributed by atoms with van der Waals surface area (Å²) in [6.07, 6.45) is 0.166. The summed E-state index contributed by atoms with van der Waals surface area (Å²) in [6, 6.07) is 14.7. The van der Waals surface area contributed by atoms with E-state index >= 15 is 0 Å². The van der Waals surface area contributed by atoms with E-state index in [9.17, 15) is 9.59 Å². The Kier molecular flexibility index (Phi) is 4.99. The number of benzene rings is 2. The molecule has 3 aromatic rings. The Labute approximate surface area is 158 Å². The molecule has 0 saturated heterocycles. The largest absolute Gasteiger partial charge is 0.347 e. The third-order valence-corrected chi connectivity index (χ3v) is 4.06. The molecule has 0 unspecified atom stereocenters. The first kappa shape index (κ1) is 18.6. The van der Waals surface area contributed by atoms with Gasteiger partial charge in [-0.3, -0.25) is 14.3 Å². The summed E-state index contributed by atoms with van der Waals surface area (Å²) in [5.41, 5.74) is 2.48. The number of para-hydroxylation sites is 1. The quantitative estimate of drug-likeness (QED) is 0.746. The molecule has 3 rings (SSSR count). The second-order valence-corrected chi connectivity index (χ2v) is 7.60. The predicted octanol–water partition coefficient (Wildman–Crippen LogP) is 3.28. The molecule has 6 nitrogen and oxygen atoms in total. The van der Waals surface area contributed by atoms with Gasteiger partial charge in [-0.1, -0.05) is 24.3 Å². The van der Waals surface area contributed by atoms with Crippen molar-refractivity contribution in [1.82, 2.24) is 15.1 Å². The van der Waals surface area contributed by atoms with Crippen molar-refractivity contribution in [3.05, 3.63) is 59.8 Å². The van der Waals surface area contributed by atoms with Crippen LogP contribution in [0.2, 0.25) is 0 Å². The number of hydrogen-bond donors (Lipinski definition) is 2. The zero-order valence-corrected chi connectivity index (χ0v) is 16.0. The number of hydrogen-bond acceptors (Lipinski definition) is 3. The molecule has 0 saturated carbocycles. The number of amides is 2. The van der Waals surface area contributed by atoms with Crippen LogP contribution >= 0.6 is 0 Å². The van der Waals surface area contributed by atoms with Crippen LogP contribution in [0.25, 0.3) is 10.9 Å². The second-order valence-electron chi connectivity index (χ2n) is 7.60. The van der Waals surface area contributed by atoms with Crippen LogP contribution in [0.5, 0.6) is 0 Å². The molecule has 0 radical (unpaired) electrons. The van der Waals surface area contributed by atoms with Gasteiger partial charge >= 0.3 is 0 Å². The van der Waals surface area contributed by atoms with E-state index in [1.807, 2.05) is 52.1 Å². The summed E-state index contributed by atoms with van der Waals surface area (Å²) < 4.78 is 1.77. The lowest BCUT2D eigenvalue weighted by Gasteiger charge is -2.20. The van der Waals surface area contributed by atoms with E-state index < -0.39 is 0 Å². The monoisotopic (exact) mass is 364 g/mol. The number of aromatic nitrogens is 2. The van der Waals surface area contributed by atoms with E-state index in [0.29, 0.717) is 11.3 Å². The van der Waals surface area contributed by atoms with E-state index in [-0.39, 0.29) is 23.8 Å². The van der Waals surface area contributed by atoms with Gasteiger partial charge in [0, 0.05) is 29.2 Å². The summed E-state index contributed by atoms with van der Waals surface area (Å²) in [5.74, 6) is -0.346. The van der Waals surface area contributed by atoms with Crippen molar-refractivity contribution in [2.75, 3.05) is 5.32 Å². The Bertz CT molecular complexity index is 999. The lowest BCUT2D eigenvalue weighted by atomic mass is 10.1. The molecule has 0 atom stereocenters. The van der Waals surface area contributed by atoms with Gasteiger partial charge < -0.3 is 10.6 Å². The van der Waals surface area contributed by atoms with Gasteiger partial charge in [0.25, 0.3) is 5.91 Å². The predicted molar refractivity (Wildman–Crippen MR) is 107 cm³/mol. The van der Waals surface area contributed by atoms with Gasteiger partial charge in [-0.15, -0.1) is 0 Å². The van der Waals surface area contributed by atoms with Gasteiger partial charge in [-0.05, 0) is 45.0 Å². The number of fused-ring (bicyclic) bond motifs is 1. The molecule has 0 spiro atoms. The maximum absolute atomic E-state index is 12.5. The van der Waals surface area contributed by atoms with Crippen LogP contribution in [0, 0.1) is 0 Å². The third-order valence-electron chi connectivity index (χ3n) is 4.06. The van der Waals surface area contributed by atoms with Crippen LogP contribution in [-0.4, -0.2) is 27.1 Å². The Morgan fingerprint density at radius 2 is 1.81 bits per heavy atom. The van der Waals surface area contributed by atoms with Crippen molar-refractivity contribution in [3.63, 3.8) is 0 Å². The highest BCUT2D eigenvalue weighted by molar-refractivity contribution is 5.98. The summed E-state index contributed by atoms with van der Waals surface area (Å²) in [6.45, 7) is 5.77. The van der Waals surface area contributed by atoms with Gasteiger partial charge in [0.1, 0.15) is 0 Å². The Hall–Kier alpha value is -3.15. The number of carbonyl (C=O) groups is 2. The first-order valence-corrected chi connectivity index (χ1v) is 8.86. The number of nitrogens with one attached hydrogen (secondary N) is 2. The van der Waals surface area contributed by atoms with Crippen LogP contribution in [0.1, 0.15) is 36.8 Å². The normalized spacial score (nSPS) is 11.4. The minimum absolute atomic E-state index is 0.166. The first-order valence-electron chi connectivity index (χ1n) is 8.86. The highest BCUT2D eigenvalue weighted by Gasteiger charge is 2.16. The second kappa shape index (κ2) is 7.23. The molecule has 0 fully saturated rings. The standard InChI is InChI=1S/C21H24N4O2/c1-21(2,3)23-20(27)14-8-7-9-15(12-14)22-19(26)13-17-16-10-5-6-11-18(16)25(4)24-17/h5-12H,13H2,1-4H3,(H,22,26)(H,23,27). The highest BCUT2D eigenvalue weighted by atomic mass is 16.2. The van der Waals surface area contributed by atoms with Crippen molar-refractivity contribution >= 4 is 28.4 Å². The molecule has 2 amide bonds. The van der Waals surface area contributed by atoms with Gasteiger partial charge in [-0.2, -0.15) is 5.10 Å². The average Bonchev–Trinajstić information content (AvgIpc) is 2.90. The van der Waals surface area contributed by atoms with E-state index in [2.05, 4.69) is 15.7 Å². The summed E-state index contributed by atoms with van der Waals surface area (Å²) in [7, 11) is 1.86. The highest BCUT2D eigenvalue weighted by Crippen LogP contribution is 2.19. The van der Waals surface area contributed by atoms with Crippen LogP contribution in [-0.2, 0) is 18.3 Å². The molecular formula is C21H24N4O2. The van der Waals surface area contributed by atoms with Crippen LogP contribution in [0.4, 0.5) is 5.69 Å². The summed E-state index contributed by atoms with van der Waals surface area (Å²) in [4.78, 5) is 24.8. The lowest BCUT2D eigenvalue weighted by molar-refractivity contribution is -0.115.